The second-order valence-electron chi connectivity index (χ2n) is 4.95. The van der Waals surface area contributed by atoms with Crippen molar-refractivity contribution in [3.8, 4) is 0 Å². The van der Waals surface area contributed by atoms with E-state index in [9.17, 15) is 4.79 Å². The monoisotopic (exact) mass is 220 g/mol. The Morgan fingerprint density at radius 2 is 1.88 bits per heavy atom. The molecule has 0 aromatic heterocycles. The quantitative estimate of drug-likeness (QED) is 0.826. The van der Waals surface area contributed by atoms with E-state index in [-0.39, 0.29) is 5.92 Å². The van der Waals surface area contributed by atoms with Gasteiger partial charge in [0.1, 0.15) is 0 Å². The van der Waals surface area contributed by atoms with Crippen LogP contribution in [0.4, 0.5) is 0 Å². The predicted molar refractivity (Wildman–Crippen MR) is 65.3 cm³/mol. The average molecular weight is 220 g/mol. The van der Waals surface area contributed by atoms with Gasteiger partial charge in [-0.05, 0) is 38.2 Å². The Kier molecular flexibility index (Phi) is 4.11. The fourth-order valence-electron chi connectivity index (χ4n) is 1.60. The van der Waals surface area contributed by atoms with Crippen LogP contribution in [0.25, 0.3) is 0 Å². The molecule has 1 atom stereocenters. The van der Waals surface area contributed by atoms with Gasteiger partial charge >= 0.3 is 5.97 Å². The van der Waals surface area contributed by atoms with Gasteiger partial charge in [-0.3, -0.25) is 4.79 Å². The van der Waals surface area contributed by atoms with Gasteiger partial charge in [0.05, 0.1) is 5.41 Å². The molecule has 0 spiro atoms. The molecule has 0 aliphatic carbocycles. The van der Waals surface area contributed by atoms with Crippen molar-refractivity contribution in [1.29, 1.82) is 0 Å². The van der Waals surface area contributed by atoms with Gasteiger partial charge in [0, 0.05) is 0 Å². The molecule has 1 N–H and O–H groups in total. The smallest absolute Gasteiger partial charge is 0.309 e. The Morgan fingerprint density at radius 3 is 2.38 bits per heavy atom. The second-order valence-corrected chi connectivity index (χ2v) is 4.95. The van der Waals surface area contributed by atoms with E-state index in [4.69, 9.17) is 5.11 Å². The fraction of sp³-hybridized carbons (Fsp3) is 0.500. The van der Waals surface area contributed by atoms with Crippen molar-refractivity contribution < 1.29 is 9.90 Å². The normalized spacial score (nSPS) is 13.4. The minimum Gasteiger partial charge on any atom is -0.481 e. The summed E-state index contributed by atoms with van der Waals surface area (Å²) in [6.07, 6.45) is 1.85. The first-order valence-corrected chi connectivity index (χ1v) is 5.72. The van der Waals surface area contributed by atoms with Crippen LogP contribution in [0.5, 0.6) is 0 Å². The number of aliphatic carboxylic acids is 1. The molecule has 88 valence electrons. The lowest BCUT2D eigenvalue weighted by Gasteiger charge is -2.27. The summed E-state index contributed by atoms with van der Waals surface area (Å²) >= 11 is 0. The van der Waals surface area contributed by atoms with Crippen LogP contribution in [0, 0.1) is 11.3 Å². The summed E-state index contributed by atoms with van der Waals surface area (Å²) < 4.78 is 0. The Bertz CT molecular complexity index is 341. The first-order chi connectivity index (χ1) is 7.44. The maximum atomic E-state index is 11.1. The third kappa shape index (κ3) is 3.09. The number of benzene rings is 1. The fourth-order valence-corrected chi connectivity index (χ4v) is 1.60. The van der Waals surface area contributed by atoms with Crippen LogP contribution in [0.2, 0.25) is 0 Å². The Morgan fingerprint density at radius 1 is 1.31 bits per heavy atom. The lowest BCUT2D eigenvalue weighted by atomic mass is 9.77. The summed E-state index contributed by atoms with van der Waals surface area (Å²) in [5.74, 6) is -0.543. The number of hydrogen-bond acceptors (Lipinski definition) is 1. The van der Waals surface area contributed by atoms with Crippen LogP contribution < -0.4 is 0 Å². The molecular formula is C14H20O2. The Hall–Kier alpha value is -1.31. The Labute approximate surface area is 97.3 Å². The molecule has 2 nitrogen and oxygen atoms in total. The standard InChI is InChI=1S/C14H20O2/c1-11(14(2,3)13(15)16)9-10-12-7-5-4-6-8-12/h4-8,11H,9-10H2,1-3H3,(H,15,16). The topological polar surface area (TPSA) is 37.3 Å². The average Bonchev–Trinajstić information content (AvgIpc) is 2.27. The maximum Gasteiger partial charge on any atom is 0.309 e. The summed E-state index contributed by atoms with van der Waals surface area (Å²) in [6, 6.07) is 10.2. The molecule has 0 fully saturated rings. The summed E-state index contributed by atoms with van der Waals surface area (Å²) in [6.45, 7) is 5.60. The molecule has 0 aliphatic rings. The molecule has 1 rings (SSSR count). The van der Waals surface area contributed by atoms with Gasteiger partial charge in [0.15, 0.2) is 0 Å². The lowest BCUT2D eigenvalue weighted by Crippen LogP contribution is -2.31. The van der Waals surface area contributed by atoms with E-state index in [0.29, 0.717) is 0 Å². The molecule has 0 aliphatic heterocycles. The summed E-state index contributed by atoms with van der Waals surface area (Å²) in [7, 11) is 0. The molecule has 1 aromatic rings. The van der Waals surface area contributed by atoms with Crippen molar-refractivity contribution in [2.75, 3.05) is 0 Å². The minimum absolute atomic E-state index is 0.171. The van der Waals surface area contributed by atoms with Crippen molar-refractivity contribution in [3.05, 3.63) is 35.9 Å². The maximum absolute atomic E-state index is 11.1. The highest BCUT2D eigenvalue weighted by molar-refractivity contribution is 5.73. The van der Waals surface area contributed by atoms with Crippen molar-refractivity contribution in [1.82, 2.24) is 0 Å². The van der Waals surface area contributed by atoms with Crippen molar-refractivity contribution >= 4 is 5.97 Å². The second kappa shape index (κ2) is 5.15. The molecule has 0 bridgehead atoms. The van der Waals surface area contributed by atoms with Crippen LogP contribution in [-0.2, 0) is 11.2 Å². The van der Waals surface area contributed by atoms with Crippen molar-refractivity contribution in [2.45, 2.75) is 33.6 Å². The number of rotatable bonds is 5. The first kappa shape index (κ1) is 12.8. The third-order valence-electron chi connectivity index (χ3n) is 3.49. The zero-order valence-electron chi connectivity index (χ0n) is 10.2. The minimum atomic E-state index is -0.715. The van der Waals surface area contributed by atoms with E-state index < -0.39 is 11.4 Å². The van der Waals surface area contributed by atoms with E-state index in [1.807, 2.05) is 25.1 Å². The van der Waals surface area contributed by atoms with Crippen molar-refractivity contribution in [3.63, 3.8) is 0 Å². The molecule has 16 heavy (non-hydrogen) atoms. The van der Waals surface area contributed by atoms with E-state index in [0.717, 1.165) is 12.8 Å². The highest BCUT2D eigenvalue weighted by atomic mass is 16.4. The SMILES string of the molecule is CC(CCc1ccccc1)C(C)(C)C(=O)O. The van der Waals surface area contributed by atoms with E-state index in [1.54, 1.807) is 13.8 Å². The number of carboxylic acid groups (broad SMARTS) is 1. The van der Waals surface area contributed by atoms with E-state index >= 15 is 0 Å². The molecular weight excluding hydrogens is 200 g/mol. The van der Waals surface area contributed by atoms with E-state index in [1.165, 1.54) is 5.56 Å². The van der Waals surface area contributed by atoms with Gasteiger partial charge in [0.2, 0.25) is 0 Å². The van der Waals surface area contributed by atoms with E-state index in [2.05, 4.69) is 12.1 Å². The van der Waals surface area contributed by atoms with Crippen molar-refractivity contribution in [2.24, 2.45) is 11.3 Å². The van der Waals surface area contributed by atoms with Gasteiger partial charge in [-0.1, -0.05) is 37.3 Å². The van der Waals surface area contributed by atoms with Gasteiger partial charge < -0.3 is 5.11 Å². The van der Waals surface area contributed by atoms with Gasteiger partial charge in [-0.25, -0.2) is 0 Å². The third-order valence-corrected chi connectivity index (χ3v) is 3.49. The van der Waals surface area contributed by atoms with Crippen LogP contribution >= 0.6 is 0 Å². The molecule has 0 heterocycles. The molecule has 0 amide bonds. The Balaban J connectivity index is 2.53. The van der Waals surface area contributed by atoms with Gasteiger partial charge in [-0.15, -0.1) is 0 Å². The number of carbonyl (C=O) groups is 1. The van der Waals surface area contributed by atoms with Gasteiger partial charge in [0.25, 0.3) is 0 Å². The highest BCUT2D eigenvalue weighted by Gasteiger charge is 2.33. The van der Waals surface area contributed by atoms with Crippen LogP contribution in [-0.4, -0.2) is 11.1 Å². The van der Waals surface area contributed by atoms with Gasteiger partial charge in [-0.2, -0.15) is 0 Å². The largest absolute Gasteiger partial charge is 0.481 e. The number of hydrogen-bond donors (Lipinski definition) is 1. The zero-order valence-corrected chi connectivity index (χ0v) is 10.2. The molecule has 1 aromatic carbocycles. The lowest BCUT2D eigenvalue weighted by molar-refractivity contribution is -0.149. The summed E-state index contributed by atoms with van der Waals surface area (Å²) in [5, 5.41) is 9.11. The molecule has 0 saturated heterocycles. The number of carboxylic acids is 1. The van der Waals surface area contributed by atoms with Crippen LogP contribution in [0.15, 0.2) is 30.3 Å². The number of aryl methyl sites for hydroxylation is 1. The summed E-state index contributed by atoms with van der Waals surface area (Å²) in [5.41, 5.74) is 0.630. The summed E-state index contributed by atoms with van der Waals surface area (Å²) in [4.78, 5) is 11.1. The molecule has 2 heteroatoms. The molecule has 0 saturated carbocycles. The van der Waals surface area contributed by atoms with Crippen LogP contribution in [0.3, 0.4) is 0 Å². The van der Waals surface area contributed by atoms with Crippen LogP contribution in [0.1, 0.15) is 32.8 Å². The highest BCUT2D eigenvalue weighted by Crippen LogP contribution is 2.30. The molecule has 0 radical (unpaired) electrons. The predicted octanol–water partition coefficient (Wildman–Crippen LogP) is 3.37. The zero-order chi connectivity index (χ0) is 12.2. The first-order valence-electron chi connectivity index (χ1n) is 5.72. The molecule has 1 unspecified atom stereocenters.